The quantitative estimate of drug-likeness (QED) is 0.899. The van der Waals surface area contributed by atoms with Crippen molar-refractivity contribution in [1.82, 2.24) is 4.90 Å². The molecule has 1 unspecified atom stereocenters. The van der Waals surface area contributed by atoms with E-state index in [4.69, 9.17) is 11.6 Å². The molecule has 2 aliphatic carbocycles. The van der Waals surface area contributed by atoms with Crippen LogP contribution in [-0.4, -0.2) is 28.6 Å². The van der Waals surface area contributed by atoms with E-state index in [1.165, 1.54) is 0 Å². The normalized spacial score (nSPS) is 28.5. The highest BCUT2D eigenvalue weighted by Crippen LogP contribution is 2.76. The Morgan fingerprint density at radius 2 is 2.16 bits per heavy atom. The first kappa shape index (κ1) is 12.9. The zero-order valence-electron chi connectivity index (χ0n) is 11.0. The Bertz CT molecular complexity index is 511. The Morgan fingerprint density at radius 1 is 1.53 bits per heavy atom. The molecule has 102 valence electrons. The number of carbonyl (C=O) groups excluding carboxylic acids is 1. The van der Waals surface area contributed by atoms with Crippen LogP contribution in [0.5, 0.6) is 0 Å². The van der Waals surface area contributed by atoms with Crippen LogP contribution in [0.3, 0.4) is 0 Å². The number of carbonyl (C=O) groups is 1. The molecule has 1 atom stereocenters. The summed E-state index contributed by atoms with van der Waals surface area (Å²) in [6.45, 7) is 2.34. The highest BCUT2D eigenvalue weighted by molar-refractivity contribution is 6.31. The van der Waals surface area contributed by atoms with Crippen molar-refractivity contribution in [2.45, 2.75) is 32.4 Å². The van der Waals surface area contributed by atoms with Crippen molar-refractivity contribution in [3.05, 3.63) is 34.9 Å². The van der Waals surface area contributed by atoms with Gasteiger partial charge < -0.3 is 10.0 Å². The van der Waals surface area contributed by atoms with Gasteiger partial charge in [-0.25, -0.2) is 0 Å². The summed E-state index contributed by atoms with van der Waals surface area (Å²) in [7, 11) is 0. The smallest absolute Gasteiger partial charge is 0.229 e. The lowest BCUT2D eigenvalue weighted by Crippen LogP contribution is -2.42. The SMILES string of the molecule is CC(CO)N(Cc1ccccc1Cl)C(=O)C12CC1C2. The molecule has 19 heavy (non-hydrogen) atoms. The molecule has 0 aromatic heterocycles. The number of hydrogen-bond acceptors (Lipinski definition) is 2. The first-order valence-corrected chi connectivity index (χ1v) is 7.11. The van der Waals surface area contributed by atoms with Gasteiger partial charge in [0.25, 0.3) is 0 Å². The maximum atomic E-state index is 12.6. The number of hydrogen-bond donors (Lipinski definition) is 1. The first-order chi connectivity index (χ1) is 9.08. The molecule has 2 fully saturated rings. The van der Waals surface area contributed by atoms with Gasteiger partial charge in [-0.3, -0.25) is 4.79 Å². The Kier molecular flexibility index (Phi) is 3.06. The summed E-state index contributed by atoms with van der Waals surface area (Å²) in [4.78, 5) is 14.3. The number of aliphatic hydroxyl groups excluding tert-OH is 1. The van der Waals surface area contributed by atoms with Gasteiger partial charge >= 0.3 is 0 Å². The van der Waals surface area contributed by atoms with Crippen molar-refractivity contribution in [1.29, 1.82) is 0 Å². The number of rotatable bonds is 5. The number of amides is 1. The summed E-state index contributed by atoms with van der Waals surface area (Å²) >= 11 is 6.16. The molecule has 1 aromatic carbocycles. The van der Waals surface area contributed by atoms with Gasteiger partial charge in [0.2, 0.25) is 5.91 Å². The van der Waals surface area contributed by atoms with E-state index in [2.05, 4.69) is 0 Å². The molecule has 3 nitrogen and oxygen atoms in total. The van der Waals surface area contributed by atoms with Crippen molar-refractivity contribution < 1.29 is 9.90 Å². The van der Waals surface area contributed by atoms with Crippen LogP contribution < -0.4 is 0 Å². The van der Waals surface area contributed by atoms with E-state index in [-0.39, 0.29) is 24.0 Å². The van der Waals surface area contributed by atoms with Gasteiger partial charge in [-0.2, -0.15) is 0 Å². The molecule has 1 N–H and O–H groups in total. The summed E-state index contributed by atoms with van der Waals surface area (Å²) in [5.41, 5.74) is 0.872. The third-order valence-corrected chi connectivity index (χ3v) is 4.83. The molecular formula is C15H18ClNO2. The zero-order chi connectivity index (χ0) is 13.6. The van der Waals surface area contributed by atoms with Gasteiger partial charge in [-0.15, -0.1) is 0 Å². The van der Waals surface area contributed by atoms with Gasteiger partial charge in [0.15, 0.2) is 0 Å². The Labute approximate surface area is 118 Å². The predicted octanol–water partition coefficient (Wildman–Crippen LogP) is 2.46. The topological polar surface area (TPSA) is 40.5 Å². The van der Waals surface area contributed by atoms with E-state index in [1.807, 2.05) is 31.2 Å². The Hall–Kier alpha value is -1.06. The summed E-state index contributed by atoms with van der Waals surface area (Å²) < 4.78 is 0. The summed E-state index contributed by atoms with van der Waals surface area (Å²) in [6, 6.07) is 7.40. The molecule has 0 aliphatic heterocycles. The van der Waals surface area contributed by atoms with Gasteiger partial charge in [0.1, 0.15) is 0 Å². The highest BCUT2D eigenvalue weighted by Gasteiger charge is 2.75. The molecule has 4 heteroatoms. The standard InChI is InChI=1S/C15H18ClNO2/c1-10(9-18)17(14(19)15-6-12(15)7-15)8-11-4-2-3-5-13(11)16/h2-5,10,12,18H,6-9H2,1H3. The molecular weight excluding hydrogens is 262 g/mol. The minimum atomic E-state index is -0.167. The fourth-order valence-electron chi connectivity index (χ4n) is 2.67. The van der Waals surface area contributed by atoms with Crippen molar-refractivity contribution in [3.63, 3.8) is 0 Å². The van der Waals surface area contributed by atoms with Gasteiger partial charge in [-0.1, -0.05) is 29.8 Å². The average Bonchev–Trinajstić information content (AvgIpc) is 3.25. The van der Waals surface area contributed by atoms with Crippen molar-refractivity contribution in [3.8, 4) is 0 Å². The summed E-state index contributed by atoms with van der Waals surface area (Å²) in [5.74, 6) is 0.804. The van der Waals surface area contributed by atoms with Gasteiger partial charge in [-0.05, 0) is 37.3 Å². The van der Waals surface area contributed by atoms with E-state index in [0.29, 0.717) is 17.5 Å². The first-order valence-electron chi connectivity index (χ1n) is 6.74. The van der Waals surface area contributed by atoms with Gasteiger partial charge in [0, 0.05) is 11.6 Å². The van der Waals surface area contributed by atoms with Crippen LogP contribution in [-0.2, 0) is 11.3 Å². The number of aliphatic hydroxyl groups is 1. The molecule has 1 aromatic rings. The lowest BCUT2D eigenvalue weighted by atomic mass is 10.1. The fraction of sp³-hybridized carbons (Fsp3) is 0.533. The second-order valence-corrected chi connectivity index (χ2v) is 6.22. The minimum absolute atomic E-state index is 0.0169. The van der Waals surface area contributed by atoms with Crippen LogP contribution in [0.25, 0.3) is 0 Å². The van der Waals surface area contributed by atoms with Crippen molar-refractivity contribution in [2.75, 3.05) is 6.61 Å². The molecule has 2 aliphatic rings. The van der Waals surface area contributed by atoms with E-state index < -0.39 is 0 Å². The minimum Gasteiger partial charge on any atom is -0.394 e. The third-order valence-electron chi connectivity index (χ3n) is 4.46. The van der Waals surface area contributed by atoms with Crippen LogP contribution in [0, 0.1) is 11.3 Å². The second kappa shape index (κ2) is 4.50. The summed E-state index contributed by atoms with van der Waals surface area (Å²) in [6.07, 6.45) is 2.06. The number of halogens is 1. The van der Waals surface area contributed by atoms with Crippen LogP contribution in [0.15, 0.2) is 24.3 Å². The lowest BCUT2D eigenvalue weighted by molar-refractivity contribution is -0.138. The number of fused-ring (bicyclic) bond motifs is 1. The monoisotopic (exact) mass is 279 g/mol. The maximum Gasteiger partial charge on any atom is 0.229 e. The van der Waals surface area contributed by atoms with E-state index in [9.17, 15) is 9.90 Å². The second-order valence-electron chi connectivity index (χ2n) is 5.82. The van der Waals surface area contributed by atoms with E-state index in [1.54, 1.807) is 4.90 Å². The van der Waals surface area contributed by atoms with Crippen LogP contribution in [0.4, 0.5) is 0 Å². The van der Waals surface area contributed by atoms with Crippen molar-refractivity contribution >= 4 is 17.5 Å². The van der Waals surface area contributed by atoms with Crippen molar-refractivity contribution in [2.24, 2.45) is 11.3 Å². The predicted molar refractivity (Wildman–Crippen MR) is 73.7 cm³/mol. The number of nitrogens with zero attached hydrogens (tertiary/aromatic N) is 1. The molecule has 1 amide bonds. The Balaban J connectivity index is 1.79. The summed E-state index contributed by atoms with van der Waals surface area (Å²) in [5, 5.41) is 10.0. The van der Waals surface area contributed by atoms with Gasteiger partial charge in [0.05, 0.1) is 18.1 Å². The third kappa shape index (κ3) is 2.15. The molecule has 0 saturated heterocycles. The largest absolute Gasteiger partial charge is 0.394 e. The Morgan fingerprint density at radius 3 is 2.68 bits per heavy atom. The van der Waals surface area contributed by atoms with Crippen LogP contribution >= 0.6 is 11.6 Å². The molecule has 0 bridgehead atoms. The fourth-order valence-corrected chi connectivity index (χ4v) is 2.87. The van der Waals surface area contributed by atoms with Crippen LogP contribution in [0.1, 0.15) is 25.3 Å². The molecule has 3 rings (SSSR count). The van der Waals surface area contributed by atoms with E-state index >= 15 is 0 Å². The molecule has 0 heterocycles. The molecule has 0 spiro atoms. The lowest BCUT2D eigenvalue weighted by Gasteiger charge is -2.30. The number of benzene rings is 1. The highest BCUT2D eigenvalue weighted by atomic mass is 35.5. The molecule has 0 radical (unpaired) electrons. The maximum absolute atomic E-state index is 12.6. The van der Waals surface area contributed by atoms with Crippen LogP contribution in [0.2, 0.25) is 5.02 Å². The average molecular weight is 280 g/mol. The van der Waals surface area contributed by atoms with E-state index in [0.717, 1.165) is 18.4 Å². The molecule has 2 saturated carbocycles. The zero-order valence-corrected chi connectivity index (χ0v) is 11.7.